The SMILES string of the molecule is O=C(CSc1nnc(-c2ccc(Cl)cc2)o1)N1CCCN(Cc2ccccc2)CC1. The van der Waals surface area contributed by atoms with Gasteiger partial charge in [-0.15, -0.1) is 10.2 Å². The number of carbonyl (C=O) groups excluding carboxylic acids is 1. The Morgan fingerprint density at radius 3 is 2.60 bits per heavy atom. The smallest absolute Gasteiger partial charge is 0.277 e. The second-order valence-corrected chi connectivity index (χ2v) is 8.53. The van der Waals surface area contributed by atoms with Crippen LogP contribution in [0.1, 0.15) is 12.0 Å². The Morgan fingerprint density at radius 2 is 1.80 bits per heavy atom. The summed E-state index contributed by atoms with van der Waals surface area (Å²) in [5.74, 6) is 0.821. The molecular weight excluding hydrogens is 420 g/mol. The molecule has 0 radical (unpaired) electrons. The second kappa shape index (κ2) is 10.1. The van der Waals surface area contributed by atoms with E-state index in [0.29, 0.717) is 21.9 Å². The number of amides is 1. The normalized spacial score (nSPS) is 15.2. The zero-order chi connectivity index (χ0) is 20.8. The lowest BCUT2D eigenvalue weighted by atomic mass is 10.2. The quantitative estimate of drug-likeness (QED) is 0.533. The van der Waals surface area contributed by atoms with E-state index in [2.05, 4.69) is 39.4 Å². The summed E-state index contributed by atoms with van der Waals surface area (Å²) >= 11 is 7.19. The molecular formula is C22H23ClN4O2S. The molecule has 6 nitrogen and oxygen atoms in total. The molecule has 4 rings (SSSR count). The fourth-order valence-corrected chi connectivity index (χ4v) is 4.20. The van der Waals surface area contributed by atoms with Crippen molar-refractivity contribution in [2.24, 2.45) is 0 Å². The van der Waals surface area contributed by atoms with Gasteiger partial charge in [0.05, 0.1) is 5.75 Å². The zero-order valence-electron chi connectivity index (χ0n) is 16.5. The van der Waals surface area contributed by atoms with Crippen molar-refractivity contribution in [2.75, 3.05) is 31.9 Å². The summed E-state index contributed by atoms with van der Waals surface area (Å²) in [4.78, 5) is 17.0. The number of aromatic nitrogens is 2. The molecule has 0 aliphatic carbocycles. The molecule has 0 unspecified atom stereocenters. The molecule has 1 aliphatic heterocycles. The number of hydrogen-bond acceptors (Lipinski definition) is 6. The predicted molar refractivity (Wildman–Crippen MR) is 118 cm³/mol. The highest BCUT2D eigenvalue weighted by Crippen LogP contribution is 2.24. The molecule has 2 aromatic carbocycles. The molecule has 2 heterocycles. The van der Waals surface area contributed by atoms with Crippen LogP contribution in [-0.4, -0.2) is 57.8 Å². The van der Waals surface area contributed by atoms with Gasteiger partial charge in [0, 0.05) is 43.3 Å². The van der Waals surface area contributed by atoms with Gasteiger partial charge in [0.2, 0.25) is 11.8 Å². The minimum atomic E-state index is 0.104. The van der Waals surface area contributed by atoms with Gasteiger partial charge in [-0.2, -0.15) is 0 Å². The lowest BCUT2D eigenvalue weighted by Crippen LogP contribution is -2.36. The first-order valence-electron chi connectivity index (χ1n) is 9.94. The number of nitrogens with zero attached hydrogens (tertiary/aromatic N) is 4. The van der Waals surface area contributed by atoms with Crippen LogP contribution in [0.4, 0.5) is 0 Å². The van der Waals surface area contributed by atoms with Crippen molar-refractivity contribution in [1.82, 2.24) is 20.0 Å². The van der Waals surface area contributed by atoms with Gasteiger partial charge in [-0.25, -0.2) is 0 Å². The van der Waals surface area contributed by atoms with Crippen molar-refractivity contribution in [2.45, 2.75) is 18.2 Å². The Kier molecular flexibility index (Phi) is 7.04. The van der Waals surface area contributed by atoms with Crippen molar-refractivity contribution >= 4 is 29.3 Å². The summed E-state index contributed by atoms with van der Waals surface area (Å²) in [6.45, 7) is 4.33. The van der Waals surface area contributed by atoms with Gasteiger partial charge in [-0.05, 0) is 36.2 Å². The second-order valence-electron chi connectivity index (χ2n) is 7.16. The Bertz CT molecular complexity index is 965. The Labute approximate surface area is 185 Å². The van der Waals surface area contributed by atoms with Gasteiger partial charge in [0.15, 0.2) is 0 Å². The Balaban J connectivity index is 1.26. The van der Waals surface area contributed by atoms with Crippen LogP contribution in [0.15, 0.2) is 64.2 Å². The largest absolute Gasteiger partial charge is 0.411 e. The average Bonchev–Trinajstić information content (AvgIpc) is 3.12. The third-order valence-electron chi connectivity index (χ3n) is 5.01. The minimum Gasteiger partial charge on any atom is -0.411 e. The van der Waals surface area contributed by atoms with E-state index in [9.17, 15) is 4.79 Å². The zero-order valence-corrected chi connectivity index (χ0v) is 18.1. The predicted octanol–water partition coefficient (Wildman–Crippen LogP) is 4.22. The molecule has 1 aromatic heterocycles. The number of rotatable bonds is 6. The maximum absolute atomic E-state index is 12.7. The topological polar surface area (TPSA) is 62.5 Å². The fraction of sp³-hybridized carbons (Fsp3) is 0.318. The summed E-state index contributed by atoms with van der Waals surface area (Å²) in [5.41, 5.74) is 2.11. The first kappa shape index (κ1) is 20.9. The Morgan fingerprint density at radius 1 is 1.00 bits per heavy atom. The molecule has 3 aromatic rings. The van der Waals surface area contributed by atoms with Crippen LogP contribution in [0.3, 0.4) is 0 Å². The Hall–Kier alpha value is -2.35. The molecule has 1 saturated heterocycles. The van der Waals surface area contributed by atoms with E-state index in [1.165, 1.54) is 17.3 Å². The maximum Gasteiger partial charge on any atom is 0.277 e. The van der Waals surface area contributed by atoms with E-state index in [0.717, 1.165) is 44.7 Å². The molecule has 156 valence electrons. The monoisotopic (exact) mass is 442 g/mol. The van der Waals surface area contributed by atoms with Crippen molar-refractivity contribution < 1.29 is 9.21 Å². The van der Waals surface area contributed by atoms with Crippen LogP contribution in [0.2, 0.25) is 5.02 Å². The van der Waals surface area contributed by atoms with Crippen LogP contribution in [0.5, 0.6) is 0 Å². The van der Waals surface area contributed by atoms with Crippen LogP contribution in [0, 0.1) is 0 Å². The molecule has 0 bridgehead atoms. The first-order chi connectivity index (χ1) is 14.7. The summed E-state index contributed by atoms with van der Waals surface area (Å²) in [6, 6.07) is 17.7. The van der Waals surface area contributed by atoms with Crippen LogP contribution in [-0.2, 0) is 11.3 Å². The molecule has 8 heteroatoms. The molecule has 1 amide bonds. The van der Waals surface area contributed by atoms with Crippen molar-refractivity contribution in [1.29, 1.82) is 0 Å². The molecule has 0 N–H and O–H groups in total. The van der Waals surface area contributed by atoms with E-state index in [1.807, 2.05) is 23.1 Å². The molecule has 1 fully saturated rings. The van der Waals surface area contributed by atoms with E-state index < -0.39 is 0 Å². The molecule has 0 atom stereocenters. The lowest BCUT2D eigenvalue weighted by Gasteiger charge is -2.21. The van der Waals surface area contributed by atoms with Gasteiger partial charge < -0.3 is 9.32 Å². The number of thioether (sulfide) groups is 1. The standard InChI is InChI=1S/C22H23ClN4O2S/c23-19-9-7-18(8-10-19)21-24-25-22(29-21)30-16-20(28)27-12-4-11-26(13-14-27)15-17-5-2-1-3-6-17/h1-3,5-10H,4,11-16H2. The van der Waals surface area contributed by atoms with Crippen molar-refractivity contribution in [3.05, 3.63) is 65.2 Å². The van der Waals surface area contributed by atoms with Gasteiger partial charge in [-0.3, -0.25) is 9.69 Å². The van der Waals surface area contributed by atoms with Gasteiger partial charge in [0.1, 0.15) is 0 Å². The lowest BCUT2D eigenvalue weighted by molar-refractivity contribution is -0.128. The fourth-order valence-electron chi connectivity index (χ4n) is 3.41. The third-order valence-corrected chi connectivity index (χ3v) is 6.06. The first-order valence-corrected chi connectivity index (χ1v) is 11.3. The number of halogens is 1. The number of hydrogen-bond donors (Lipinski definition) is 0. The molecule has 1 aliphatic rings. The number of benzene rings is 2. The highest BCUT2D eigenvalue weighted by molar-refractivity contribution is 7.99. The molecule has 0 saturated carbocycles. The number of carbonyl (C=O) groups is 1. The minimum absolute atomic E-state index is 0.104. The summed E-state index contributed by atoms with van der Waals surface area (Å²) in [6.07, 6.45) is 0.977. The van der Waals surface area contributed by atoms with E-state index in [4.69, 9.17) is 16.0 Å². The molecule has 30 heavy (non-hydrogen) atoms. The van der Waals surface area contributed by atoms with Crippen molar-refractivity contribution in [3.63, 3.8) is 0 Å². The van der Waals surface area contributed by atoms with Gasteiger partial charge >= 0.3 is 0 Å². The van der Waals surface area contributed by atoms with E-state index in [1.54, 1.807) is 12.1 Å². The summed E-state index contributed by atoms with van der Waals surface area (Å²) in [7, 11) is 0. The van der Waals surface area contributed by atoms with E-state index >= 15 is 0 Å². The van der Waals surface area contributed by atoms with Crippen LogP contribution < -0.4 is 0 Å². The van der Waals surface area contributed by atoms with E-state index in [-0.39, 0.29) is 5.91 Å². The van der Waals surface area contributed by atoms with Gasteiger partial charge in [-0.1, -0.05) is 53.7 Å². The van der Waals surface area contributed by atoms with Gasteiger partial charge in [0.25, 0.3) is 5.22 Å². The summed E-state index contributed by atoms with van der Waals surface area (Å²) < 4.78 is 5.67. The highest BCUT2D eigenvalue weighted by Gasteiger charge is 2.20. The third kappa shape index (κ3) is 5.62. The highest BCUT2D eigenvalue weighted by atomic mass is 35.5. The van der Waals surface area contributed by atoms with Crippen LogP contribution in [0.25, 0.3) is 11.5 Å². The molecule has 0 spiro atoms. The maximum atomic E-state index is 12.7. The van der Waals surface area contributed by atoms with Crippen LogP contribution >= 0.6 is 23.4 Å². The average molecular weight is 443 g/mol. The van der Waals surface area contributed by atoms with Crippen molar-refractivity contribution in [3.8, 4) is 11.5 Å². The summed E-state index contributed by atoms with van der Waals surface area (Å²) in [5, 5.41) is 9.15.